The molecular formula is C26H24N2O4. The number of carbonyl (C=O) groups excluding carboxylic acids is 2. The number of benzene rings is 3. The van der Waals surface area contributed by atoms with E-state index in [1.807, 2.05) is 50.2 Å². The van der Waals surface area contributed by atoms with Crippen LogP contribution in [0.4, 0.5) is 5.69 Å². The average Bonchev–Trinajstić information content (AvgIpc) is 3.08. The Balaban J connectivity index is 1.46. The lowest BCUT2D eigenvalue weighted by molar-refractivity contribution is -0.117. The average molecular weight is 428 g/mol. The summed E-state index contributed by atoms with van der Waals surface area (Å²) in [4.78, 5) is 25.3. The van der Waals surface area contributed by atoms with Gasteiger partial charge in [0, 0.05) is 5.56 Å². The van der Waals surface area contributed by atoms with Gasteiger partial charge in [-0.1, -0.05) is 54.6 Å². The Bertz CT molecular complexity index is 1150. The van der Waals surface area contributed by atoms with Gasteiger partial charge in [0.2, 0.25) is 0 Å². The fourth-order valence-corrected chi connectivity index (χ4v) is 3.53. The molecular weight excluding hydrogens is 404 g/mol. The van der Waals surface area contributed by atoms with Crippen molar-refractivity contribution >= 4 is 23.6 Å². The van der Waals surface area contributed by atoms with Gasteiger partial charge in [0.05, 0.1) is 5.69 Å². The molecule has 162 valence electrons. The molecule has 3 aromatic carbocycles. The highest BCUT2D eigenvalue weighted by Crippen LogP contribution is 2.26. The van der Waals surface area contributed by atoms with Crippen molar-refractivity contribution in [1.82, 2.24) is 5.43 Å². The number of hydrogen-bond donors (Lipinski definition) is 1. The molecule has 0 bridgehead atoms. The van der Waals surface area contributed by atoms with Crippen LogP contribution in [-0.4, -0.2) is 25.0 Å². The zero-order valence-electron chi connectivity index (χ0n) is 18.0. The molecule has 0 aliphatic carbocycles. The van der Waals surface area contributed by atoms with Crippen molar-refractivity contribution in [2.24, 2.45) is 0 Å². The van der Waals surface area contributed by atoms with Crippen molar-refractivity contribution in [2.45, 2.75) is 13.8 Å². The van der Waals surface area contributed by atoms with E-state index in [1.54, 1.807) is 42.5 Å². The fraction of sp³-hybridized carbons (Fsp3) is 0.154. The van der Waals surface area contributed by atoms with E-state index in [-0.39, 0.29) is 5.57 Å². The quantitative estimate of drug-likeness (QED) is 0.348. The van der Waals surface area contributed by atoms with Crippen LogP contribution < -0.4 is 19.9 Å². The van der Waals surface area contributed by atoms with E-state index in [1.165, 1.54) is 5.01 Å². The number of ether oxygens (including phenoxy) is 2. The fourth-order valence-electron chi connectivity index (χ4n) is 3.53. The van der Waals surface area contributed by atoms with E-state index >= 15 is 0 Å². The first-order valence-electron chi connectivity index (χ1n) is 10.4. The topological polar surface area (TPSA) is 67.9 Å². The van der Waals surface area contributed by atoms with E-state index in [0.29, 0.717) is 30.2 Å². The van der Waals surface area contributed by atoms with Gasteiger partial charge in [-0.3, -0.25) is 15.0 Å². The molecule has 32 heavy (non-hydrogen) atoms. The second-order valence-electron chi connectivity index (χ2n) is 7.43. The summed E-state index contributed by atoms with van der Waals surface area (Å²) in [6, 6.07) is 22.3. The second kappa shape index (κ2) is 9.39. The lowest BCUT2D eigenvalue weighted by atomic mass is 10.1. The van der Waals surface area contributed by atoms with Gasteiger partial charge in [-0.2, -0.15) is 0 Å². The Morgan fingerprint density at radius 3 is 2.22 bits per heavy atom. The maximum atomic E-state index is 12.8. The number of nitrogens with one attached hydrogen (secondary N) is 1. The summed E-state index contributed by atoms with van der Waals surface area (Å²) >= 11 is 0. The molecule has 0 aromatic heterocycles. The van der Waals surface area contributed by atoms with Crippen molar-refractivity contribution in [3.05, 3.63) is 95.1 Å². The van der Waals surface area contributed by atoms with Crippen LogP contribution in [-0.2, 0) is 9.59 Å². The molecule has 0 spiro atoms. The summed E-state index contributed by atoms with van der Waals surface area (Å²) in [5.41, 5.74) is 6.05. The first kappa shape index (κ1) is 21.2. The number of hydrazine groups is 1. The Hall–Kier alpha value is -4.06. The maximum Gasteiger partial charge on any atom is 0.282 e. The Kier molecular flexibility index (Phi) is 6.22. The van der Waals surface area contributed by atoms with Crippen LogP contribution in [0, 0.1) is 13.8 Å². The summed E-state index contributed by atoms with van der Waals surface area (Å²) in [5, 5.41) is 1.25. The van der Waals surface area contributed by atoms with Gasteiger partial charge >= 0.3 is 0 Å². The smallest absolute Gasteiger partial charge is 0.282 e. The highest BCUT2D eigenvalue weighted by atomic mass is 16.5. The molecule has 1 aliphatic heterocycles. The molecule has 1 saturated heterocycles. The van der Waals surface area contributed by atoms with Crippen LogP contribution in [0.1, 0.15) is 16.7 Å². The van der Waals surface area contributed by atoms with Gasteiger partial charge in [0.15, 0.2) is 0 Å². The predicted octanol–water partition coefficient (Wildman–Crippen LogP) is 4.22. The van der Waals surface area contributed by atoms with E-state index in [4.69, 9.17) is 9.47 Å². The summed E-state index contributed by atoms with van der Waals surface area (Å²) in [6.45, 7) is 4.71. The van der Waals surface area contributed by atoms with E-state index in [9.17, 15) is 9.59 Å². The molecule has 1 N–H and O–H groups in total. The number of anilines is 1. The molecule has 0 atom stereocenters. The second-order valence-corrected chi connectivity index (χ2v) is 7.43. The van der Waals surface area contributed by atoms with Crippen molar-refractivity contribution < 1.29 is 19.1 Å². The Morgan fingerprint density at radius 1 is 0.812 bits per heavy atom. The van der Waals surface area contributed by atoms with E-state index < -0.39 is 11.8 Å². The molecule has 6 nitrogen and oxygen atoms in total. The minimum absolute atomic E-state index is 0.0525. The summed E-state index contributed by atoms with van der Waals surface area (Å²) in [5.74, 6) is 0.575. The zero-order valence-corrected chi connectivity index (χ0v) is 18.0. The van der Waals surface area contributed by atoms with Crippen LogP contribution in [0.25, 0.3) is 6.08 Å². The van der Waals surface area contributed by atoms with Crippen LogP contribution in [0.5, 0.6) is 11.5 Å². The standard InChI is InChI=1S/C26H24N2O4/c1-18-9-8-10-19(2)24(18)32-16-15-31-23-14-7-6-11-20(23)17-22-25(29)27-28(26(22)30)21-12-4-3-5-13-21/h3-14,17H,15-16H2,1-2H3,(H,27,29)/b22-17+. The SMILES string of the molecule is Cc1cccc(C)c1OCCOc1ccccc1/C=C1\C(=O)NN(c2ccccc2)C1=O. The third kappa shape index (κ3) is 4.49. The van der Waals surface area contributed by atoms with Gasteiger partial charge in [0.25, 0.3) is 11.8 Å². The lowest BCUT2D eigenvalue weighted by Crippen LogP contribution is -2.35. The van der Waals surface area contributed by atoms with Crippen molar-refractivity contribution in [3.8, 4) is 11.5 Å². The normalized spacial score (nSPS) is 14.6. The summed E-state index contributed by atoms with van der Waals surface area (Å²) in [6.07, 6.45) is 1.56. The molecule has 3 aromatic rings. The first-order chi connectivity index (χ1) is 15.5. The van der Waals surface area contributed by atoms with Crippen molar-refractivity contribution in [1.29, 1.82) is 0 Å². The molecule has 1 fully saturated rings. The molecule has 0 radical (unpaired) electrons. The van der Waals surface area contributed by atoms with Gasteiger partial charge in [-0.15, -0.1) is 0 Å². The molecule has 1 heterocycles. The number of hydrogen-bond acceptors (Lipinski definition) is 4. The van der Waals surface area contributed by atoms with Crippen molar-refractivity contribution in [3.63, 3.8) is 0 Å². The predicted molar refractivity (Wildman–Crippen MR) is 123 cm³/mol. The molecule has 6 heteroatoms. The van der Waals surface area contributed by atoms with Gasteiger partial charge in [0.1, 0.15) is 30.3 Å². The molecule has 1 aliphatic rings. The summed E-state index contributed by atoms with van der Waals surface area (Å²) < 4.78 is 11.8. The van der Waals surface area contributed by atoms with E-state index in [2.05, 4.69) is 5.43 Å². The number of amides is 2. The molecule has 2 amide bonds. The highest BCUT2D eigenvalue weighted by molar-refractivity contribution is 6.31. The third-order valence-electron chi connectivity index (χ3n) is 5.12. The monoisotopic (exact) mass is 428 g/mol. The van der Waals surface area contributed by atoms with Gasteiger partial charge < -0.3 is 9.47 Å². The third-order valence-corrected chi connectivity index (χ3v) is 5.12. The Morgan fingerprint density at radius 2 is 1.47 bits per heavy atom. The maximum absolute atomic E-state index is 12.8. The minimum atomic E-state index is -0.452. The van der Waals surface area contributed by atoms with Crippen LogP contribution in [0.2, 0.25) is 0 Å². The molecule has 4 rings (SSSR count). The molecule has 0 unspecified atom stereocenters. The largest absolute Gasteiger partial charge is 0.489 e. The number of nitrogens with zero attached hydrogens (tertiary/aromatic N) is 1. The van der Waals surface area contributed by atoms with E-state index in [0.717, 1.165) is 16.9 Å². The molecule has 0 saturated carbocycles. The van der Waals surface area contributed by atoms with Crippen LogP contribution >= 0.6 is 0 Å². The van der Waals surface area contributed by atoms with Gasteiger partial charge in [-0.05, 0) is 49.2 Å². The number of rotatable bonds is 7. The van der Waals surface area contributed by atoms with Crippen LogP contribution in [0.3, 0.4) is 0 Å². The number of carbonyl (C=O) groups is 2. The number of para-hydroxylation sites is 3. The zero-order chi connectivity index (χ0) is 22.5. The van der Waals surface area contributed by atoms with Crippen LogP contribution in [0.15, 0.2) is 78.4 Å². The first-order valence-corrected chi connectivity index (χ1v) is 10.4. The van der Waals surface area contributed by atoms with Gasteiger partial charge in [-0.25, -0.2) is 5.01 Å². The van der Waals surface area contributed by atoms with Crippen molar-refractivity contribution in [2.75, 3.05) is 18.2 Å². The highest BCUT2D eigenvalue weighted by Gasteiger charge is 2.34. The number of aryl methyl sites for hydroxylation is 2. The Labute approximate surface area is 187 Å². The summed E-state index contributed by atoms with van der Waals surface area (Å²) in [7, 11) is 0. The minimum Gasteiger partial charge on any atom is -0.489 e. The lowest BCUT2D eigenvalue weighted by Gasteiger charge is -2.14.